The molecule has 0 aromatic heterocycles. The maximum absolute atomic E-state index is 14.9. The number of benzene rings is 4. The molecule has 4 aromatic rings. The van der Waals surface area contributed by atoms with Crippen LogP contribution in [0.4, 0.5) is 0 Å². The molecule has 5 rings (SSSR count). The molecule has 38 heavy (non-hydrogen) atoms. The Balaban J connectivity index is 1.79. The highest BCUT2D eigenvalue weighted by Crippen LogP contribution is 2.48. The molecule has 0 saturated carbocycles. The van der Waals surface area contributed by atoms with E-state index in [2.05, 4.69) is 0 Å². The second-order valence-electron chi connectivity index (χ2n) is 9.73. The summed E-state index contributed by atoms with van der Waals surface area (Å²) >= 11 is 0. The third-order valence-electron chi connectivity index (χ3n) is 7.63. The lowest BCUT2D eigenvalue weighted by molar-refractivity contribution is -0.175. The highest BCUT2D eigenvalue weighted by molar-refractivity contribution is 5.97. The fourth-order valence-electron chi connectivity index (χ4n) is 5.81. The molecule has 1 amide bonds. The molecule has 1 aliphatic rings. The van der Waals surface area contributed by atoms with Crippen molar-refractivity contribution in [2.45, 2.75) is 17.1 Å². The number of likely N-dealkylation sites (N-methyl/N-ethyl adjacent to an activating group) is 1. The van der Waals surface area contributed by atoms with Gasteiger partial charge in [0.1, 0.15) is 5.54 Å². The lowest BCUT2D eigenvalue weighted by atomic mass is 9.73. The van der Waals surface area contributed by atoms with Crippen molar-refractivity contribution in [2.24, 2.45) is 5.73 Å². The summed E-state index contributed by atoms with van der Waals surface area (Å²) in [7, 11) is 1.91. The molecule has 2 unspecified atom stereocenters. The summed E-state index contributed by atoms with van der Waals surface area (Å²) in [6.45, 7) is 0.672. The van der Waals surface area contributed by atoms with Gasteiger partial charge in [0, 0.05) is 13.1 Å². The van der Waals surface area contributed by atoms with Crippen molar-refractivity contribution in [1.82, 2.24) is 9.80 Å². The van der Waals surface area contributed by atoms with E-state index >= 15 is 0 Å². The minimum atomic E-state index is -1.74. The molecule has 6 heteroatoms. The van der Waals surface area contributed by atoms with Gasteiger partial charge < -0.3 is 15.7 Å². The summed E-state index contributed by atoms with van der Waals surface area (Å²) in [4.78, 5) is 32.1. The normalized spacial score (nSPS) is 20.2. The zero-order chi connectivity index (χ0) is 26.8. The first-order valence-corrected chi connectivity index (χ1v) is 12.7. The summed E-state index contributed by atoms with van der Waals surface area (Å²) in [6, 6.07) is 36.3. The van der Waals surface area contributed by atoms with Gasteiger partial charge in [-0.05, 0) is 29.3 Å². The third kappa shape index (κ3) is 3.99. The Morgan fingerprint density at radius 2 is 1.21 bits per heavy atom. The number of piperazine rings is 1. The second-order valence-corrected chi connectivity index (χ2v) is 9.73. The van der Waals surface area contributed by atoms with Crippen molar-refractivity contribution < 1.29 is 14.7 Å². The van der Waals surface area contributed by atoms with E-state index in [4.69, 9.17) is 5.73 Å². The van der Waals surface area contributed by atoms with Crippen molar-refractivity contribution in [3.63, 3.8) is 0 Å². The smallest absolute Gasteiger partial charge is 0.336 e. The summed E-state index contributed by atoms with van der Waals surface area (Å²) in [5, 5.41) is 11.2. The number of hydrogen-bond donors (Lipinski definition) is 2. The first kappa shape index (κ1) is 25.4. The van der Waals surface area contributed by atoms with Crippen LogP contribution in [0, 0.1) is 0 Å². The van der Waals surface area contributed by atoms with Crippen molar-refractivity contribution in [1.29, 1.82) is 0 Å². The van der Waals surface area contributed by atoms with E-state index in [1.165, 1.54) is 4.90 Å². The van der Waals surface area contributed by atoms with Gasteiger partial charge in [0.25, 0.3) is 5.91 Å². The molecule has 1 fully saturated rings. The van der Waals surface area contributed by atoms with Crippen molar-refractivity contribution in [3.8, 4) is 0 Å². The molecule has 4 aromatic carbocycles. The largest absolute Gasteiger partial charge is 0.479 e. The van der Waals surface area contributed by atoms with Crippen LogP contribution in [0.15, 0.2) is 121 Å². The fraction of sp³-hybridized carbons (Fsp3) is 0.188. The van der Waals surface area contributed by atoms with E-state index in [9.17, 15) is 14.7 Å². The molecular weight excluding hydrogens is 474 g/mol. The number of carboxylic acid groups (broad SMARTS) is 1. The van der Waals surface area contributed by atoms with Crippen LogP contribution in [0.25, 0.3) is 0 Å². The molecule has 0 aliphatic carbocycles. The van der Waals surface area contributed by atoms with E-state index in [-0.39, 0.29) is 6.54 Å². The minimum Gasteiger partial charge on any atom is -0.479 e. The van der Waals surface area contributed by atoms with E-state index < -0.39 is 29.0 Å². The predicted molar refractivity (Wildman–Crippen MR) is 147 cm³/mol. The van der Waals surface area contributed by atoms with E-state index in [1.807, 2.05) is 121 Å². The Kier molecular flexibility index (Phi) is 6.85. The summed E-state index contributed by atoms with van der Waals surface area (Å²) < 4.78 is 0. The standard InChI is InChI=1S/C32H31N3O3/c1-34-22-23-35(29(36)31(33,25-16-8-3-9-17-25)26-18-10-4-11-19-26)32(30(37)38,27-20-12-5-13-21-27)28(34)24-14-6-2-7-15-24/h2-21,28H,22-23,33H2,1H3,(H,37,38). The molecule has 0 radical (unpaired) electrons. The molecular formula is C32H31N3O3. The number of hydrogen-bond acceptors (Lipinski definition) is 4. The van der Waals surface area contributed by atoms with Crippen LogP contribution >= 0.6 is 0 Å². The Hall–Kier alpha value is -4.26. The van der Waals surface area contributed by atoms with Crippen molar-refractivity contribution >= 4 is 11.9 Å². The fourth-order valence-corrected chi connectivity index (χ4v) is 5.81. The average molecular weight is 506 g/mol. The monoisotopic (exact) mass is 505 g/mol. The van der Waals surface area contributed by atoms with Crippen LogP contribution in [-0.4, -0.2) is 46.9 Å². The molecule has 0 spiro atoms. The van der Waals surface area contributed by atoms with E-state index in [1.54, 1.807) is 12.1 Å². The maximum Gasteiger partial charge on any atom is 0.336 e. The van der Waals surface area contributed by atoms with Gasteiger partial charge in [-0.1, -0.05) is 121 Å². The van der Waals surface area contributed by atoms with Crippen LogP contribution in [-0.2, 0) is 20.7 Å². The quantitative estimate of drug-likeness (QED) is 0.406. The molecule has 0 bridgehead atoms. The maximum atomic E-state index is 14.9. The van der Waals surface area contributed by atoms with Crippen LogP contribution in [0.2, 0.25) is 0 Å². The first-order valence-electron chi connectivity index (χ1n) is 12.7. The first-order chi connectivity index (χ1) is 18.4. The number of rotatable bonds is 6. The zero-order valence-corrected chi connectivity index (χ0v) is 21.3. The Morgan fingerprint density at radius 3 is 1.68 bits per heavy atom. The highest BCUT2D eigenvalue weighted by Gasteiger charge is 2.60. The van der Waals surface area contributed by atoms with Gasteiger partial charge in [0.05, 0.1) is 6.04 Å². The number of carboxylic acids is 1. The number of carbonyl (C=O) groups is 2. The van der Waals surface area contributed by atoms with E-state index in [0.717, 1.165) is 5.56 Å². The van der Waals surface area contributed by atoms with Gasteiger partial charge in [-0.2, -0.15) is 0 Å². The number of nitrogens with two attached hydrogens (primary N) is 1. The molecule has 1 aliphatic heterocycles. The molecule has 192 valence electrons. The number of amides is 1. The molecule has 6 nitrogen and oxygen atoms in total. The topological polar surface area (TPSA) is 86.9 Å². The summed E-state index contributed by atoms with van der Waals surface area (Å²) in [5.74, 6) is -1.57. The molecule has 3 N–H and O–H groups in total. The van der Waals surface area contributed by atoms with Crippen LogP contribution in [0.1, 0.15) is 28.3 Å². The number of nitrogens with zero attached hydrogens (tertiary/aromatic N) is 2. The predicted octanol–water partition coefficient (Wildman–Crippen LogP) is 4.38. The lowest BCUT2D eigenvalue weighted by Crippen LogP contribution is -2.69. The minimum absolute atomic E-state index is 0.193. The third-order valence-corrected chi connectivity index (χ3v) is 7.63. The second kappa shape index (κ2) is 10.2. The van der Waals surface area contributed by atoms with Gasteiger partial charge in [-0.3, -0.25) is 9.69 Å². The van der Waals surface area contributed by atoms with Gasteiger partial charge >= 0.3 is 5.97 Å². The molecule has 1 heterocycles. The van der Waals surface area contributed by atoms with Crippen LogP contribution in [0.3, 0.4) is 0 Å². The molecule has 2 atom stereocenters. The van der Waals surface area contributed by atoms with Gasteiger partial charge in [0.15, 0.2) is 5.54 Å². The number of aliphatic carboxylic acids is 1. The number of carbonyl (C=O) groups excluding carboxylic acids is 1. The van der Waals surface area contributed by atoms with Crippen molar-refractivity contribution in [3.05, 3.63) is 144 Å². The Morgan fingerprint density at radius 1 is 0.763 bits per heavy atom. The summed E-state index contributed by atoms with van der Waals surface area (Å²) in [5.41, 5.74) is 6.31. The Bertz CT molecular complexity index is 1360. The van der Waals surface area contributed by atoms with E-state index in [0.29, 0.717) is 23.2 Å². The SMILES string of the molecule is CN1CCN(C(=O)C(N)(c2ccccc2)c2ccccc2)C(C(=O)O)(c2ccccc2)C1c1ccccc1. The van der Waals surface area contributed by atoms with Gasteiger partial charge in [-0.15, -0.1) is 0 Å². The van der Waals surface area contributed by atoms with Gasteiger partial charge in [0.2, 0.25) is 0 Å². The summed E-state index contributed by atoms with van der Waals surface area (Å²) in [6.07, 6.45) is 0. The van der Waals surface area contributed by atoms with Crippen LogP contribution in [0.5, 0.6) is 0 Å². The zero-order valence-electron chi connectivity index (χ0n) is 21.3. The molecule has 1 saturated heterocycles. The Labute approximate surface area is 222 Å². The highest BCUT2D eigenvalue weighted by atomic mass is 16.4. The van der Waals surface area contributed by atoms with Crippen LogP contribution < -0.4 is 5.73 Å². The van der Waals surface area contributed by atoms with Gasteiger partial charge in [-0.25, -0.2) is 4.79 Å². The lowest BCUT2D eigenvalue weighted by Gasteiger charge is -2.54. The average Bonchev–Trinajstić information content (AvgIpc) is 2.97. The van der Waals surface area contributed by atoms with Crippen molar-refractivity contribution in [2.75, 3.05) is 20.1 Å².